The van der Waals surface area contributed by atoms with Crippen LogP contribution in [0.1, 0.15) is 12.8 Å². The summed E-state index contributed by atoms with van der Waals surface area (Å²) in [6.45, 7) is 0.203. The van der Waals surface area contributed by atoms with E-state index in [0.29, 0.717) is 32.2 Å². The monoisotopic (exact) mass is 379 g/mol. The van der Waals surface area contributed by atoms with Crippen LogP contribution in [0.25, 0.3) is 21.3 Å². The van der Waals surface area contributed by atoms with Crippen LogP contribution >= 0.6 is 34.5 Å². The zero-order valence-electron chi connectivity index (χ0n) is 12.3. The van der Waals surface area contributed by atoms with Crippen LogP contribution in [-0.4, -0.2) is 9.55 Å². The Morgan fingerprint density at radius 1 is 1.25 bits per heavy atom. The number of unbranched alkanes of at least 4 members (excludes halogenated alkanes) is 1. The second kappa shape index (κ2) is 6.81. The Bertz CT molecular complexity index is 1080. The molecule has 3 rings (SSSR count). The van der Waals surface area contributed by atoms with Crippen LogP contribution in [0.15, 0.2) is 33.2 Å². The van der Waals surface area contributed by atoms with E-state index in [1.807, 2.05) is 6.07 Å². The van der Waals surface area contributed by atoms with Crippen LogP contribution in [0.5, 0.6) is 0 Å². The lowest BCUT2D eigenvalue weighted by Gasteiger charge is -2.05. The fourth-order valence-corrected chi connectivity index (χ4v) is 3.70. The number of aromatic nitrogens is 2. The van der Waals surface area contributed by atoms with Gasteiger partial charge in [0.1, 0.15) is 4.83 Å². The summed E-state index contributed by atoms with van der Waals surface area (Å²) in [5.74, 6) is 0. The van der Waals surface area contributed by atoms with Crippen LogP contribution in [0.4, 0.5) is 0 Å². The highest BCUT2D eigenvalue weighted by Crippen LogP contribution is 2.33. The first-order valence-electron chi connectivity index (χ1n) is 7.09. The Morgan fingerprint density at radius 2 is 2.04 bits per heavy atom. The molecule has 8 heteroatoms. The molecule has 0 unspecified atom stereocenters. The van der Waals surface area contributed by atoms with Crippen LogP contribution in [0.3, 0.4) is 0 Å². The minimum Gasteiger partial charge on any atom is -0.298 e. The molecule has 0 saturated carbocycles. The van der Waals surface area contributed by atoms with Crippen LogP contribution < -0.4 is 11.2 Å². The summed E-state index contributed by atoms with van der Waals surface area (Å²) in [6.07, 6.45) is 0.727. The largest absolute Gasteiger partial charge is 0.329 e. The SMILES string of the molecule is N#CCCCn1c(=O)[nH]c2scc(-c3ccc(Cl)c(Cl)c3)c2c1=O. The number of nitrogens with zero attached hydrogens (tertiary/aromatic N) is 2. The summed E-state index contributed by atoms with van der Waals surface area (Å²) < 4.78 is 1.13. The molecular weight excluding hydrogens is 369 g/mol. The Labute approximate surface area is 150 Å². The lowest BCUT2D eigenvalue weighted by molar-refractivity contribution is 0.605. The zero-order valence-corrected chi connectivity index (χ0v) is 14.6. The third kappa shape index (κ3) is 2.98. The first kappa shape index (κ1) is 16.8. The first-order valence-corrected chi connectivity index (χ1v) is 8.73. The molecule has 2 aromatic heterocycles. The molecule has 1 N–H and O–H groups in total. The highest BCUT2D eigenvalue weighted by molar-refractivity contribution is 7.17. The summed E-state index contributed by atoms with van der Waals surface area (Å²) in [4.78, 5) is 28.1. The predicted molar refractivity (Wildman–Crippen MR) is 97.0 cm³/mol. The minimum absolute atomic E-state index is 0.203. The molecule has 0 spiro atoms. The minimum atomic E-state index is -0.465. The summed E-state index contributed by atoms with van der Waals surface area (Å²) >= 11 is 13.3. The first-order chi connectivity index (χ1) is 11.5. The molecule has 24 heavy (non-hydrogen) atoms. The number of hydrogen-bond donors (Lipinski definition) is 1. The predicted octanol–water partition coefficient (Wildman–Crippen LogP) is 4.03. The zero-order chi connectivity index (χ0) is 17.3. The number of nitrogens with one attached hydrogen (secondary N) is 1. The maximum absolute atomic E-state index is 12.8. The van der Waals surface area contributed by atoms with Crippen molar-refractivity contribution in [1.29, 1.82) is 5.26 Å². The van der Waals surface area contributed by atoms with E-state index in [0.717, 1.165) is 10.1 Å². The van der Waals surface area contributed by atoms with Gasteiger partial charge in [-0.25, -0.2) is 4.79 Å². The fourth-order valence-electron chi connectivity index (χ4n) is 2.45. The van der Waals surface area contributed by atoms with Gasteiger partial charge < -0.3 is 0 Å². The van der Waals surface area contributed by atoms with E-state index in [2.05, 4.69) is 4.98 Å². The highest BCUT2D eigenvalue weighted by Gasteiger charge is 2.15. The fraction of sp³-hybridized carbons (Fsp3) is 0.188. The van der Waals surface area contributed by atoms with Gasteiger partial charge in [-0.05, 0) is 24.1 Å². The topological polar surface area (TPSA) is 78.7 Å². The van der Waals surface area contributed by atoms with Gasteiger partial charge in [-0.3, -0.25) is 14.3 Å². The molecule has 1 aromatic carbocycles. The Balaban J connectivity index is 2.19. The van der Waals surface area contributed by atoms with Crippen molar-refractivity contribution >= 4 is 44.8 Å². The standard InChI is InChI=1S/C16H11Cl2N3O2S/c17-11-4-3-9(7-12(11)18)10-8-24-14-13(10)15(22)21(16(23)20-14)6-2-1-5-19/h3-4,7-8H,1-2,6H2,(H,20,23). The van der Waals surface area contributed by atoms with Crippen LogP contribution in [-0.2, 0) is 6.54 Å². The van der Waals surface area contributed by atoms with E-state index in [1.54, 1.807) is 23.6 Å². The van der Waals surface area contributed by atoms with Crippen molar-refractivity contribution in [2.24, 2.45) is 0 Å². The second-order valence-electron chi connectivity index (χ2n) is 5.13. The lowest BCUT2D eigenvalue weighted by Crippen LogP contribution is -2.34. The van der Waals surface area contributed by atoms with Gasteiger partial charge >= 0.3 is 5.69 Å². The quantitative estimate of drug-likeness (QED) is 0.694. The summed E-state index contributed by atoms with van der Waals surface area (Å²) in [5, 5.41) is 11.7. The molecule has 0 amide bonds. The number of nitriles is 1. The number of thiophene rings is 1. The summed E-state index contributed by atoms with van der Waals surface area (Å²) in [7, 11) is 0. The Hall–Kier alpha value is -2.07. The normalized spacial score (nSPS) is 10.9. The maximum Gasteiger partial charge on any atom is 0.329 e. The number of rotatable bonds is 4. The van der Waals surface area contributed by atoms with E-state index < -0.39 is 5.69 Å². The number of halogens is 2. The number of aromatic amines is 1. The van der Waals surface area contributed by atoms with Gasteiger partial charge in [-0.15, -0.1) is 11.3 Å². The molecular formula is C16H11Cl2N3O2S. The van der Waals surface area contributed by atoms with Gasteiger partial charge in [0.25, 0.3) is 5.56 Å². The number of fused-ring (bicyclic) bond motifs is 1. The van der Waals surface area contributed by atoms with Crippen molar-refractivity contribution in [2.75, 3.05) is 0 Å². The van der Waals surface area contributed by atoms with Gasteiger partial charge in [0, 0.05) is 23.9 Å². The van der Waals surface area contributed by atoms with E-state index in [-0.39, 0.29) is 18.5 Å². The van der Waals surface area contributed by atoms with Gasteiger partial charge in [-0.2, -0.15) is 5.26 Å². The van der Waals surface area contributed by atoms with Crippen molar-refractivity contribution in [3.63, 3.8) is 0 Å². The molecule has 0 aliphatic carbocycles. The number of H-pyrrole nitrogens is 1. The molecule has 0 saturated heterocycles. The third-order valence-electron chi connectivity index (χ3n) is 3.62. The van der Waals surface area contributed by atoms with Crippen molar-refractivity contribution in [2.45, 2.75) is 19.4 Å². The summed E-state index contributed by atoms with van der Waals surface area (Å²) in [5.41, 5.74) is 0.620. The van der Waals surface area contributed by atoms with Gasteiger partial charge in [-0.1, -0.05) is 29.3 Å². The molecule has 122 valence electrons. The van der Waals surface area contributed by atoms with Crippen molar-refractivity contribution in [3.05, 3.63) is 54.5 Å². The second-order valence-corrected chi connectivity index (χ2v) is 6.83. The highest BCUT2D eigenvalue weighted by atomic mass is 35.5. The molecule has 2 heterocycles. The average molecular weight is 380 g/mol. The molecule has 0 radical (unpaired) electrons. The summed E-state index contributed by atoms with van der Waals surface area (Å²) in [6, 6.07) is 7.14. The molecule has 0 atom stereocenters. The Morgan fingerprint density at radius 3 is 2.75 bits per heavy atom. The van der Waals surface area contributed by atoms with E-state index in [4.69, 9.17) is 28.5 Å². The average Bonchev–Trinajstić information content (AvgIpc) is 2.97. The third-order valence-corrected chi connectivity index (χ3v) is 5.25. The smallest absolute Gasteiger partial charge is 0.298 e. The van der Waals surface area contributed by atoms with Crippen molar-refractivity contribution < 1.29 is 0 Å². The molecule has 0 aliphatic heterocycles. The Kier molecular flexibility index (Phi) is 4.76. The van der Waals surface area contributed by atoms with Gasteiger partial charge in [0.2, 0.25) is 0 Å². The molecule has 3 aromatic rings. The van der Waals surface area contributed by atoms with Crippen LogP contribution in [0.2, 0.25) is 10.0 Å². The lowest BCUT2D eigenvalue weighted by atomic mass is 10.1. The maximum atomic E-state index is 12.8. The van der Waals surface area contributed by atoms with E-state index in [1.165, 1.54) is 11.3 Å². The van der Waals surface area contributed by atoms with Gasteiger partial charge in [0.05, 0.1) is 21.5 Å². The molecule has 0 fully saturated rings. The molecule has 0 bridgehead atoms. The van der Waals surface area contributed by atoms with Crippen LogP contribution in [0, 0.1) is 11.3 Å². The molecule has 5 nitrogen and oxygen atoms in total. The van der Waals surface area contributed by atoms with E-state index >= 15 is 0 Å². The number of benzene rings is 1. The number of hydrogen-bond acceptors (Lipinski definition) is 4. The van der Waals surface area contributed by atoms with Crippen molar-refractivity contribution in [1.82, 2.24) is 9.55 Å². The van der Waals surface area contributed by atoms with Crippen molar-refractivity contribution in [3.8, 4) is 17.2 Å². The van der Waals surface area contributed by atoms with Gasteiger partial charge in [0.15, 0.2) is 0 Å². The molecule has 0 aliphatic rings. The van der Waals surface area contributed by atoms with E-state index in [9.17, 15) is 9.59 Å².